The van der Waals surface area contributed by atoms with Crippen LogP contribution in [0, 0.1) is 11.6 Å². The van der Waals surface area contributed by atoms with Crippen LogP contribution >= 0.6 is 0 Å². The molecule has 0 radical (unpaired) electrons. The second-order valence-corrected chi connectivity index (χ2v) is 4.34. The Labute approximate surface area is 120 Å². The highest BCUT2D eigenvalue weighted by Crippen LogP contribution is 2.19. The summed E-state index contributed by atoms with van der Waals surface area (Å²) in [7, 11) is 0. The van der Waals surface area contributed by atoms with Crippen molar-refractivity contribution in [2.24, 2.45) is 5.73 Å². The van der Waals surface area contributed by atoms with E-state index >= 15 is 0 Å². The SMILES string of the molecule is NC(=O)COc1cccc(NCc2c(F)cccc2F)c1. The molecule has 0 aliphatic heterocycles. The number of benzene rings is 2. The molecular formula is C15H14F2N2O2. The van der Waals surface area contributed by atoms with Crippen LogP contribution in [-0.2, 0) is 11.3 Å². The van der Waals surface area contributed by atoms with Crippen LogP contribution in [0.1, 0.15) is 5.56 Å². The monoisotopic (exact) mass is 292 g/mol. The highest BCUT2D eigenvalue weighted by Gasteiger charge is 2.08. The van der Waals surface area contributed by atoms with Crippen molar-refractivity contribution in [3.8, 4) is 5.75 Å². The highest BCUT2D eigenvalue weighted by atomic mass is 19.1. The lowest BCUT2D eigenvalue weighted by atomic mass is 10.2. The molecule has 0 saturated carbocycles. The molecule has 0 fully saturated rings. The molecule has 1 amide bonds. The smallest absolute Gasteiger partial charge is 0.255 e. The van der Waals surface area contributed by atoms with Crippen LogP contribution in [0.3, 0.4) is 0 Å². The van der Waals surface area contributed by atoms with Gasteiger partial charge in [-0.15, -0.1) is 0 Å². The lowest BCUT2D eigenvalue weighted by Gasteiger charge is -2.10. The predicted octanol–water partition coefficient (Wildman–Crippen LogP) is 2.44. The van der Waals surface area contributed by atoms with E-state index in [0.29, 0.717) is 11.4 Å². The number of nitrogens with one attached hydrogen (secondary N) is 1. The van der Waals surface area contributed by atoms with Crippen molar-refractivity contribution in [2.45, 2.75) is 6.54 Å². The summed E-state index contributed by atoms with van der Waals surface area (Å²) in [5.41, 5.74) is 5.55. The topological polar surface area (TPSA) is 64.4 Å². The number of hydrogen-bond donors (Lipinski definition) is 2. The first-order valence-electron chi connectivity index (χ1n) is 6.24. The Morgan fingerprint density at radius 3 is 2.48 bits per heavy atom. The molecule has 21 heavy (non-hydrogen) atoms. The zero-order valence-corrected chi connectivity index (χ0v) is 11.1. The fourth-order valence-electron chi connectivity index (χ4n) is 1.74. The molecule has 0 atom stereocenters. The summed E-state index contributed by atoms with van der Waals surface area (Å²) >= 11 is 0. The van der Waals surface area contributed by atoms with Crippen LogP contribution in [-0.4, -0.2) is 12.5 Å². The average molecular weight is 292 g/mol. The van der Waals surface area contributed by atoms with E-state index in [1.54, 1.807) is 24.3 Å². The minimum absolute atomic E-state index is 0.00220. The van der Waals surface area contributed by atoms with Gasteiger partial charge in [0.1, 0.15) is 17.4 Å². The van der Waals surface area contributed by atoms with Crippen molar-refractivity contribution in [1.82, 2.24) is 0 Å². The Balaban J connectivity index is 2.03. The lowest BCUT2D eigenvalue weighted by molar-refractivity contribution is -0.119. The van der Waals surface area contributed by atoms with Gasteiger partial charge in [-0.3, -0.25) is 4.79 Å². The van der Waals surface area contributed by atoms with Crippen LogP contribution < -0.4 is 15.8 Å². The number of ether oxygens (including phenoxy) is 1. The van der Waals surface area contributed by atoms with E-state index in [9.17, 15) is 13.6 Å². The minimum atomic E-state index is -0.608. The van der Waals surface area contributed by atoms with Crippen LogP contribution in [0.4, 0.5) is 14.5 Å². The first-order valence-corrected chi connectivity index (χ1v) is 6.24. The summed E-state index contributed by atoms with van der Waals surface area (Å²) in [5.74, 6) is -1.36. The molecule has 0 aliphatic rings. The van der Waals surface area contributed by atoms with Gasteiger partial charge in [-0.2, -0.15) is 0 Å². The summed E-state index contributed by atoms with van der Waals surface area (Å²) in [6, 6.07) is 10.4. The Morgan fingerprint density at radius 1 is 1.14 bits per heavy atom. The quantitative estimate of drug-likeness (QED) is 0.859. The maximum Gasteiger partial charge on any atom is 0.255 e. The predicted molar refractivity (Wildman–Crippen MR) is 74.8 cm³/mol. The molecule has 0 saturated heterocycles. The summed E-state index contributed by atoms with van der Waals surface area (Å²) in [6.45, 7) is -0.233. The Hall–Kier alpha value is -2.63. The molecule has 0 heterocycles. The normalized spacial score (nSPS) is 10.2. The van der Waals surface area contributed by atoms with Crippen molar-refractivity contribution in [1.29, 1.82) is 0 Å². The van der Waals surface area contributed by atoms with Crippen LogP contribution in [0.15, 0.2) is 42.5 Å². The van der Waals surface area contributed by atoms with Gasteiger partial charge in [-0.05, 0) is 24.3 Å². The molecule has 0 aliphatic carbocycles. The highest BCUT2D eigenvalue weighted by molar-refractivity contribution is 5.75. The van der Waals surface area contributed by atoms with Crippen molar-refractivity contribution in [2.75, 3.05) is 11.9 Å². The first-order chi connectivity index (χ1) is 10.1. The van der Waals surface area contributed by atoms with E-state index in [-0.39, 0.29) is 18.7 Å². The second-order valence-electron chi connectivity index (χ2n) is 4.34. The molecule has 0 unspecified atom stereocenters. The number of carbonyl (C=O) groups is 1. The minimum Gasteiger partial charge on any atom is -0.484 e. The number of hydrogen-bond acceptors (Lipinski definition) is 3. The van der Waals surface area contributed by atoms with E-state index < -0.39 is 17.5 Å². The zero-order valence-electron chi connectivity index (χ0n) is 11.1. The molecule has 2 aromatic carbocycles. The lowest BCUT2D eigenvalue weighted by Crippen LogP contribution is -2.20. The van der Waals surface area contributed by atoms with Crippen molar-refractivity contribution >= 4 is 11.6 Å². The Bertz CT molecular complexity index is 627. The van der Waals surface area contributed by atoms with Gasteiger partial charge in [0.25, 0.3) is 5.91 Å². The van der Waals surface area contributed by atoms with Gasteiger partial charge in [-0.1, -0.05) is 12.1 Å². The Kier molecular flexibility index (Phi) is 4.71. The van der Waals surface area contributed by atoms with Gasteiger partial charge >= 0.3 is 0 Å². The zero-order chi connectivity index (χ0) is 15.2. The molecular weight excluding hydrogens is 278 g/mol. The van der Waals surface area contributed by atoms with Crippen LogP contribution in [0.25, 0.3) is 0 Å². The average Bonchev–Trinajstić information content (AvgIpc) is 2.45. The molecule has 0 aromatic heterocycles. The van der Waals surface area contributed by atoms with Crippen molar-refractivity contribution in [3.05, 3.63) is 59.7 Å². The standard InChI is InChI=1S/C15H14F2N2O2/c16-13-5-2-6-14(17)12(13)8-19-10-3-1-4-11(7-10)21-9-15(18)20/h1-7,19H,8-9H2,(H2,18,20). The molecule has 0 bridgehead atoms. The second kappa shape index (κ2) is 6.69. The summed E-state index contributed by atoms with van der Waals surface area (Å²) in [6.07, 6.45) is 0. The largest absolute Gasteiger partial charge is 0.484 e. The fraction of sp³-hybridized carbons (Fsp3) is 0.133. The van der Waals surface area contributed by atoms with E-state index in [1.807, 2.05) is 0 Å². The first kappa shape index (κ1) is 14.8. The van der Waals surface area contributed by atoms with Gasteiger partial charge < -0.3 is 15.8 Å². The third kappa shape index (κ3) is 4.17. The number of amides is 1. The summed E-state index contributed by atoms with van der Waals surface area (Å²) in [5, 5.41) is 2.89. The van der Waals surface area contributed by atoms with Crippen LogP contribution in [0.5, 0.6) is 5.75 Å². The number of nitrogens with two attached hydrogens (primary N) is 1. The van der Waals surface area contributed by atoms with E-state index in [2.05, 4.69) is 5.32 Å². The summed E-state index contributed by atoms with van der Waals surface area (Å²) in [4.78, 5) is 10.6. The molecule has 4 nitrogen and oxygen atoms in total. The summed E-state index contributed by atoms with van der Waals surface area (Å²) < 4.78 is 32.1. The van der Waals surface area contributed by atoms with E-state index in [0.717, 1.165) is 0 Å². The molecule has 6 heteroatoms. The molecule has 2 aromatic rings. The molecule has 0 spiro atoms. The third-order valence-electron chi connectivity index (χ3n) is 2.75. The number of primary amides is 1. The van der Waals surface area contributed by atoms with Crippen molar-refractivity contribution in [3.63, 3.8) is 0 Å². The number of anilines is 1. The number of halogens is 2. The molecule has 2 rings (SSSR count). The maximum atomic E-state index is 13.5. The van der Waals surface area contributed by atoms with Gasteiger partial charge in [0.05, 0.1) is 0 Å². The van der Waals surface area contributed by atoms with Crippen LogP contribution in [0.2, 0.25) is 0 Å². The fourth-order valence-corrected chi connectivity index (χ4v) is 1.74. The number of rotatable bonds is 6. The number of carbonyl (C=O) groups excluding carboxylic acids is 1. The molecule has 110 valence electrons. The van der Waals surface area contributed by atoms with Gasteiger partial charge in [0, 0.05) is 23.9 Å². The molecule has 3 N–H and O–H groups in total. The Morgan fingerprint density at radius 2 is 1.81 bits per heavy atom. The van der Waals surface area contributed by atoms with Gasteiger partial charge in [0.2, 0.25) is 0 Å². The van der Waals surface area contributed by atoms with Gasteiger partial charge in [-0.25, -0.2) is 8.78 Å². The van der Waals surface area contributed by atoms with E-state index in [1.165, 1.54) is 18.2 Å². The van der Waals surface area contributed by atoms with Crippen molar-refractivity contribution < 1.29 is 18.3 Å². The third-order valence-corrected chi connectivity index (χ3v) is 2.75. The maximum absolute atomic E-state index is 13.5. The van der Waals surface area contributed by atoms with Gasteiger partial charge in [0.15, 0.2) is 6.61 Å². The van der Waals surface area contributed by atoms with E-state index in [4.69, 9.17) is 10.5 Å².